The van der Waals surface area contributed by atoms with Gasteiger partial charge in [-0.15, -0.1) is 0 Å². The average Bonchev–Trinajstić information content (AvgIpc) is 3.17. The van der Waals surface area contributed by atoms with Crippen LogP contribution >= 0.6 is 11.5 Å². The number of amides is 1. The maximum absolute atomic E-state index is 12.1. The monoisotopic (exact) mass is 334 g/mol. The van der Waals surface area contributed by atoms with Gasteiger partial charge in [-0.2, -0.15) is 9.47 Å². The third-order valence-electron chi connectivity index (χ3n) is 3.99. The van der Waals surface area contributed by atoms with Crippen LogP contribution in [-0.2, 0) is 7.05 Å². The van der Waals surface area contributed by atoms with Crippen LogP contribution in [0.1, 0.15) is 48.9 Å². The van der Waals surface area contributed by atoms with E-state index in [0.29, 0.717) is 11.6 Å². The summed E-state index contributed by atoms with van der Waals surface area (Å²) in [7, 11) is 1.81. The first-order valence-electron chi connectivity index (χ1n) is 7.92. The smallest absolute Gasteiger partial charge is 0.271 e. The van der Waals surface area contributed by atoms with E-state index < -0.39 is 0 Å². The van der Waals surface area contributed by atoms with Crippen LogP contribution in [0.5, 0.6) is 0 Å². The number of nitrogens with one attached hydrogen (secondary N) is 1. The fourth-order valence-electron chi connectivity index (χ4n) is 2.60. The number of carbonyl (C=O) groups excluding carboxylic acids is 1. The minimum Gasteiger partial charge on any atom is -0.348 e. The van der Waals surface area contributed by atoms with Crippen molar-refractivity contribution in [3.63, 3.8) is 0 Å². The molecule has 0 radical (unpaired) electrons. The largest absolute Gasteiger partial charge is 0.348 e. The molecule has 3 heterocycles. The van der Waals surface area contributed by atoms with Gasteiger partial charge in [0.25, 0.3) is 5.91 Å². The number of aromatic nitrogens is 4. The molecule has 2 aromatic heterocycles. The molecule has 0 bridgehead atoms. The summed E-state index contributed by atoms with van der Waals surface area (Å²) >= 11 is 1.46. The SMILES string of the molecule is CC(C)c1nsc(N2CCC(NC(=O)c3ccn(C)n3)CC2)n1. The normalized spacial score (nSPS) is 16.1. The molecular weight excluding hydrogens is 312 g/mol. The van der Waals surface area contributed by atoms with Gasteiger partial charge < -0.3 is 10.2 Å². The molecule has 0 atom stereocenters. The maximum Gasteiger partial charge on any atom is 0.271 e. The molecule has 0 aliphatic carbocycles. The first-order valence-corrected chi connectivity index (χ1v) is 8.69. The predicted octanol–water partition coefficient (Wildman–Crippen LogP) is 1.79. The van der Waals surface area contributed by atoms with Crippen molar-refractivity contribution in [2.75, 3.05) is 18.0 Å². The Bertz CT molecular complexity index is 671. The zero-order valence-electron chi connectivity index (χ0n) is 13.7. The van der Waals surface area contributed by atoms with E-state index in [9.17, 15) is 4.79 Å². The van der Waals surface area contributed by atoms with E-state index in [1.165, 1.54) is 11.5 Å². The molecular formula is C15H22N6OS. The van der Waals surface area contributed by atoms with Crippen LogP contribution in [0.25, 0.3) is 0 Å². The Kier molecular flexibility index (Phi) is 4.61. The minimum absolute atomic E-state index is 0.0953. The molecule has 1 saturated heterocycles. The lowest BCUT2D eigenvalue weighted by Crippen LogP contribution is -2.44. The van der Waals surface area contributed by atoms with Crippen LogP contribution in [0.4, 0.5) is 5.13 Å². The van der Waals surface area contributed by atoms with Crippen molar-refractivity contribution in [2.24, 2.45) is 7.05 Å². The quantitative estimate of drug-likeness (QED) is 0.922. The predicted molar refractivity (Wildman–Crippen MR) is 89.9 cm³/mol. The van der Waals surface area contributed by atoms with E-state index in [4.69, 9.17) is 0 Å². The number of rotatable bonds is 4. The molecule has 1 N–H and O–H groups in total. The number of hydrogen-bond acceptors (Lipinski definition) is 6. The van der Waals surface area contributed by atoms with Crippen molar-refractivity contribution in [3.05, 3.63) is 23.8 Å². The van der Waals surface area contributed by atoms with Crippen LogP contribution in [-0.4, -0.2) is 44.2 Å². The molecule has 1 aliphatic heterocycles. The lowest BCUT2D eigenvalue weighted by atomic mass is 10.1. The summed E-state index contributed by atoms with van der Waals surface area (Å²) in [6.45, 7) is 5.98. The second kappa shape index (κ2) is 6.66. The summed E-state index contributed by atoms with van der Waals surface area (Å²) in [6.07, 6.45) is 3.60. The standard InChI is InChI=1S/C15H22N6OS/c1-10(2)13-17-15(23-19-13)21-8-4-11(5-9-21)16-14(22)12-6-7-20(3)18-12/h6-7,10-11H,4-5,8-9H2,1-3H3,(H,16,22). The highest BCUT2D eigenvalue weighted by Gasteiger charge is 2.24. The van der Waals surface area contributed by atoms with Crippen molar-refractivity contribution >= 4 is 22.6 Å². The molecule has 7 nitrogen and oxygen atoms in total. The van der Waals surface area contributed by atoms with E-state index in [1.807, 2.05) is 7.05 Å². The first-order chi connectivity index (χ1) is 11.0. The van der Waals surface area contributed by atoms with Crippen molar-refractivity contribution in [3.8, 4) is 0 Å². The molecule has 0 saturated carbocycles. The van der Waals surface area contributed by atoms with Crippen LogP contribution in [0.15, 0.2) is 12.3 Å². The number of nitrogens with zero attached hydrogens (tertiary/aromatic N) is 5. The summed E-state index contributed by atoms with van der Waals surface area (Å²) < 4.78 is 6.05. The fourth-order valence-corrected chi connectivity index (χ4v) is 3.46. The molecule has 0 unspecified atom stereocenters. The second-order valence-electron chi connectivity index (χ2n) is 6.20. The van der Waals surface area contributed by atoms with Gasteiger partial charge in [0.2, 0.25) is 5.13 Å². The van der Waals surface area contributed by atoms with Gasteiger partial charge in [-0.1, -0.05) is 13.8 Å². The van der Waals surface area contributed by atoms with E-state index in [1.54, 1.807) is 16.9 Å². The number of piperidine rings is 1. The van der Waals surface area contributed by atoms with Gasteiger partial charge in [-0.05, 0) is 18.9 Å². The van der Waals surface area contributed by atoms with Gasteiger partial charge in [-0.25, -0.2) is 4.98 Å². The summed E-state index contributed by atoms with van der Waals surface area (Å²) in [5, 5.41) is 8.19. The van der Waals surface area contributed by atoms with E-state index >= 15 is 0 Å². The maximum atomic E-state index is 12.1. The highest BCUT2D eigenvalue weighted by molar-refractivity contribution is 7.09. The van der Waals surface area contributed by atoms with Gasteiger partial charge >= 0.3 is 0 Å². The van der Waals surface area contributed by atoms with Gasteiger partial charge in [0.15, 0.2) is 0 Å². The van der Waals surface area contributed by atoms with Crippen molar-refractivity contribution in [2.45, 2.75) is 38.6 Å². The number of carbonyl (C=O) groups is 1. The highest BCUT2D eigenvalue weighted by atomic mass is 32.1. The molecule has 2 aromatic rings. The van der Waals surface area contributed by atoms with Crippen molar-refractivity contribution in [1.82, 2.24) is 24.5 Å². The zero-order chi connectivity index (χ0) is 16.4. The molecule has 3 rings (SSSR count). The van der Waals surface area contributed by atoms with Crippen LogP contribution in [0.3, 0.4) is 0 Å². The molecule has 1 amide bonds. The Hall–Kier alpha value is -1.96. The Labute approximate surface area is 139 Å². The van der Waals surface area contributed by atoms with Gasteiger partial charge in [-0.3, -0.25) is 9.48 Å². The van der Waals surface area contributed by atoms with Gasteiger partial charge in [0, 0.05) is 49.8 Å². The molecule has 124 valence electrons. The molecule has 0 aromatic carbocycles. The highest BCUT2D eigenvalue weighted by Crippen LogP contribution is 2.24. The molecule has 23 heavy (non-hydrogen) atoms. The fraction of sp³-hybridized carbons (Fsp3) is 0.600. The van der Waals surface area contributed by atoms with Crippen LogP contribution in [0.2, 0.25) is 0 Å². The second-order valence-corrected chi connectivity index (χ2v) is 6.93. The van der Waals surface area contributed by atoms with Gasteiger partial charge in [0.1, 0.15) is 11.5 Å². The third-order valence-corrected chi connectivity index (χ3v) is 4.79. The molecule has 0 spiro atoms. The zero-order valence-corrected chi connectivity index (χ0v) is 14.5. The van der Waals surface area contributed by atoms with Crippen molar-refractivity contribution < 1.29 is 4.79 Å². The number of anilines is 1. The lowest BCUT2D eigenvalue weighted by Gasteiger charge is -2.31. The Morgan fingerprint density at radius 3 is 2.70 bits per heavy atom. The summed E-state index contributed by atoms with van der Waals surface area (Å²) in [4.78, 5) is 19.0. The third kappa shape index (κ3) is 3.69. The van der Waals surface area contributed by atoms with Crippen LogP contribution in [0, 0.1) is 0 Å². The summed E-state index contributed by atoms with van der Waals surface area (Å²) in [6, 6.07) is 1.93. The molecule has 8 heteroatoms. The Morgan fingerprint density at radius 1 is 1.39 bits per heavy atom. The lowest BCUT2D eigenvalue weighted by molar-refractivity contribution is 0.0925. The Morgan fingerprint density at radius 2 is 2.13 bits per heavy atom. The van der Waals surface area contributed by atoms with E-state index in [-0.39, 0.29) is 11.9 Å². The van der Waals surface area contributed by atoms with E-state index in [0.717, 1.165) is 36.9 Å². The van der Waals surface area contributed by atoms with Crippen molar-refractivity contribution in [1.29, 1.82) is 0 Å². The van der Waals surface area contributed by atoms with Crippen LogP contribution < -0.4 is 10.2 Å². The minimum atomic E-state index is -0.0953. The van der Waals surface area contributed by atoms with Gasteiger partial charge in [0.05, 0.1) is 0 Å². The topological polar surface area (TPSA) is 75.9 Å². The van der Waals surface area contributed by atoms with E-state index in [2.05, 4.69) is 38.5 Å². The number of hydrogen-bond donors (Lipinski definition) is 1. The number of aryl methyl sites for hydroxylation is 1. The summed E-state index contributed by atoms with van der Waals surface area (Å²) in [5.74, 6) is 1.17. The average molecular weight is 334 g/mol. The first kappa shape index (κ1) is 15.9. The Balaban J connectivity index is 1.52. The molecule has 1 fully saturated rings. The summed E-state index contributed by atoms with van der Waals surface area (Å²) in [5.41, 5.74) is 0.473. The molecule has 1 aliphatic rings.